The predicted octanol–water partition coefficient (Wildman–Crippen LogP) is 8.82. The summed E-state index contributed by atoms with van der Waals surface area (Å²) in [5, 5.41) is 0. The lowest BCUT2D eigenvalue weighted by molar-refractivity contribution is -0.911. The van der Waals surface area contributed by atoms with Crippen molar-refractivity contribution >= 4 is 0 Å². The van der Waals surface area contributed by atoms with Gasteiger partial charge in [0.05, 0.1) is 19.3 Å². The number of unbranched alkanes of at least 4 members (excludes halogenated alkanes) is 9. The van der Waals surface area contributed by atoms with E-state index in [1.54, 1.807) is 0 Å². The molecule has 1 heteroatoms. The minimum absolute atomic E-state index is 0.568. The molecule has 0 saturated carbocycles. The van der Waals surface area contributed by atoms with Crippen LogP contribution < -0.4 is 0 Å². The Hall–Kier alpha value is -1.08. The van der Waals surface area contributed by atoms with Crippen molar-refractivity contribution in [3.05, 3.63) is 48.7 Å². The first-order chi connectivity index (χ1) is 13.7. The van der Waals surface area contributed by atoms with Crippen LogP contribution in [-0.2, 0) is 0 Å². The summed E-state index contributed by atoms with van der Waals surface area (Å²) < 4.78 is 1.09. The molecule has 0 heterocycles. The lowest BCUT2D eigenvalue weighted by atomic mass is 9.94. The molecule has 0 aliphatic heterocycles. The van der Waals surface area contributed by atoms with Gasteiger partial charge in [-0.2, -0.15) is 0 Å². The van der Waals surface area contributed by atoms with Gasteiger partial charge in [-0.3, -0.25) is 4.48 Å². The third-order valence-electron chi connectivity index (χ3n) is 6.36. The summed E-state index contributed by atoms with van der Waals surface area (Å²) in [6, 6.07) is 11.9. The third kappa shape index (κ3) is 8.95. The Bertz CT molecular complexity index is 466. The monoisotopic (exact) mass is 386 g/mol. The molecule has 0 spiro atoms. The van der Waals surface area contributed by atoms with Crippen LogP contribution in [0.15, 0.2) is 43.1 Å². The van der Waals surface area contributed by atoms with Gasteiger partial charge in [-0.15, -0.1) is 0 Å². The van der Waals surface area contributed by atoms with Crippen molar-refractivity contribution in [3.63, 3.8) is 0 Å². The summed E-state index contributed by atoms with van der Waals surface area (Å²) in [6.45, 7) is 13.8. The van der Waals surface area contributed by atoms with Gasteiger partial charge < -0.3 is 0 Å². The average Bonchev–Trinajstić information content (AvgIpc) is 2.74. The van der Waals surface area contributed by atoms with Gasteiger partial charge in [-0.25, -0.2) is 0 Å². The smallest absolute Gasteiger partial charge is 0.119 e. The van der Waals surface area contributed by atoms with Crippen LogP contribution >= 0.6 is 0 Å². The van der Waals surface area contributed by atoms with Crippen molar-refractivity contribution in [2.24, 2.45) is 0 Å². The molecule has 28 heavy (non-hydrogen) atoms. The highest BCUT2D eigenvalue weighted by Crippen LogP contribution is 2.36. The van der Waals surface area contributed by atoms with E-state index < -0.39 is 0 Å². The fourth-order valence-electron chi connectivity index (χ4n) is 4.56. The Morgan fingerprint density at radius 2 is 1.21 bits per heavy atom. The number of hydrogen-bond acceptors (Lipinski definition) is 0. The van der Waals surface area contributed by atoms with E-state index in [4.69, 9.17) is 0 Å². The molecule has 1 rings (SSSR count). The van der Waals surface area contributed by atoms with Crippen LogP contribution in [-0.4, -0.2) is 17.6 Å². The van der Waals surface area contributed by atoms with Crippen molar-refractivity contribution in [1.82, 2.24) is 0 Å². The minimum atomic E-state index is 0.568. The maximum absolute atomic E-state index is 4.39. The van der Waals surface area contributed by atoms with Gasteiger partial charge in [0.15, 0.2) is 0 Å². The van der Waals surface area contributed by atoms with E-state index in [-0.39, 0.29) is 0 Å². The van der Waals surface area contributed by atoms with Gasteiger partial charge in [-0.1, -0.05) is 96.0 Å². The zero-order valence-electron chi connectivity index (χ0n) is 19.3. The second-order valence-electron chi connectivity index (χ2n) is 8.63. The number of hydrogen-bond donors (Lipinski definition) is 0. The highest BCUT2D eigenvalue weighted by molar-refractivity contribution is 5.17. The first-order valence-electron chi connectivity index (χ1n) is 12.3. The molecule has 1 aromatic rings. The highest BCUT2D eigenvalue weighted by Gasteiger charge is 2.34. The number of rotatable bonds is 18. The summed E-state index contributed by atoms with van der Waals surface area (Å²) in [5.74, 6) is 0. The van der Waals surface area contributed by atoms with Gasteiger partial charge in [-0.05, 0) is 38.7 Å². The average molecular weight is 387 g/mol. The number of quaternary nitrogens is 1. The molecule has 0 fully saturated rings. The van der Waals surface area contributed by atoms with Crippen LogP contribution in [0.2, 0.25) is 0 Å². The van der Waals surface area contributed by atoms with Crippen molar-refractivity contribution in [1.29, 1.82) is 0 Å². The molecule has 0 amide bonds. The topological polar surface area (TPSA) is 0 Å². The van der Waals surface area contributed by atoms with Gasteiger partial charge in [0.25, 0.3) is 0 Å². The van der Waals surface area contributed by atoms with E-state index in [0.29, 0.717) is 6.04 Å². The van der Waals surface area contributed by atoms with Crippen LogP contribution in [0, 0.1) is 0 Å². The SMILES string of the molecule is C=C[N+](CCCCCC)(CCCCCC)C(CCCCCC)c1ccccc1. The molecular weight excluding hydrogens is 338 g/mol. The third-order valence-corrected chi connectivity index (χ3v) is 6.36. The first kappa shape index (κ1) is 25.0. The molecule has 0 aromatic heterocycles. The van der Waals surface area contributed by atoms with Crippen molar-refractivity contribution in [3.8, 4) is 0 Å². The Balaban J connectivity index is 3.01. The van der Waals surface area contributed by atoms with Gasteiger partial charge >= 0.3 is 0 Å². The van der Waals surface area contributed by atoms with E-state index in [1.165, 1.54) is 102 Å². The van der Waals surface area contributed by atoms with Crippen LogP contribution in [0.25, 0.3) is 0 Å². The van der Waals surface area contributed by atoms with Crippen LogP contribution in [0.1, 0.15) is 116 Å². The zero-order valence-corrected chi connectivity index (χ0v) is 19.3. The quantitative estimate of drug-likeness (QED) is 0.175. The molecule has 0 saturated heterocycles. The fourth-order valence-corrected chi connectivity index (χ4v) is 4.56. The Morgan fingerprint density at radius 1 is 0.714 bits per heavy atom. The van der Waals surface area contributed by atoms with Gasteiger partial charge in [0.2, 0.25) is 0 Å². The number of benzene rings is 1. The Kier molecular flexibility index (Phi) is 14.1. The minimum Gasteiger partial charge on any atom is -0.292 e. The Labute approximate surface area is 176 Å². The van der Waals surface area contributed by atoms with Gasteiger partial charge in [0, 0.05) is 12.0 Å². The fraction of sp³-hybridized carbons (Fsp3) is 0.704. The molecule has 0 N–H and O–H groups in total. The van der Waals surface area contributed by atoms with Crippen molar-refractivity contribution in [2.45, 2.75) is 110 Å². The summed E-state index contributed by atoms with van der Waals surface area (Å²) in [5.41, 5.74) is 1.52. The predicted molar refractivity (Wildman–Crippen MR) is 126 cm³/mol. The van der Waals surface area contributed by atoms with E-state index in [1.807, 2.05) is 0 Å². The lowest BCUT2D eigenvalue weighted by Gasteiger charge is -2.42. The summed E-state index contributed by atoms with van der Waals surface area (Å²) in [7, 11) is 0. The molecule has 0 aliphatic carbocycles. The second-order valence-corrected chi connectivity index (χ2v) is 8.63. The van der Waals surface area contributed by atoms with Crippen LogP contribution in [0.4, 0.5) is 0 Å². The summed E-state index contributed by atoms with van der Waals surface area (Å²) in [6.07, 6.45) is 19.7. The molecular formula is C27H48N+. The molecule has 1 atom stereocenters. The molecule has 1 nitrogen and oxygen atoms in total. The van der Waals surface area contributed by atoms with E-state index >= 15 is 0 Å². The largest absolute Gasteiger partial charge is 0.292 e. The van der Waals surface area contributed by atoms with E-state index in [9.17, 15) is 0 Å². The number of nitrogens with zero attached hydrogens (tertiary/aromatic N) is 1. The lowest BCUT2D eigenvalue weighted by Crippen LogP contribution is -2.47. The maximum atomic E-state index is 4.39. The Morgan fingerprint density at radius 3 is 1.68 bits per heavy atom. The molecule has 0 bridgehead atoms. The summed E-state index contributed by atoms with van der Waals surface area (Å²) >= 11 is 0. The molecule has 160 valence electrons. The summed E-state index contributed by atoms with van der Waals surface area (Å²) in [4.78, 5) is 0. The molecule has 0 radical (unpaired) electrons. The molecule has 0 aliphatic rings. The maximum Gasteiger partial charge on any atom is 0.119 e. The van der Waals surface area contributed by atoms with Gasteiger partial charge in [0.1, 0.15) is 6.04 Å². The molecule has 1 aromatic carbocycles. The highest BCUT2D eigenvalue weighted by atomic mass is 15.4. The van der Waals surface area contributed by atoms with E-state index in [2.05, 4.69) is 63.9 Å². The van der Waals surface area contributed by atoms with Crippen molar-refractivity contribution in [2.75, 3.05) is 13.1 Å². The molecule has 1 unspecified atom stereocenters. The van der Waals surface area contributed by atoms with E-state index in [0.717, 1.165) is 4.48 Å². The van der Waals surface area contributed by atoms with Crippen LogP contribution in [0.3, 0.4) is 0 Å². The standard InChI is InChI=1S/C27H48N/c1-5-9-12-18-23-27(26-21-16-15-17-22-26)28(8-4,24-19-13-10-6-2)25-20-14-11-7-3/h8,15-17,21-22,27H,4-7,9-14,18-20,23-25H2,1-3H3/q+1. The first-order valence-corrected chi connectivity index (χ1v) is 12.3. The normalized spacial score (nSPS) is 12.8. The zero-order chi connectivity index (χ0) is 20.5. The van der Waals surface area contributed by atoms with Crippen molar-refractivity contribution < 1.29 is 4.48 Å². The second kappa shape index (κ2) is 15.8. The van der Waals surface area contributed by atoms with Crippen LogP contribution in [0.5, 0.6) is 0 Å².